The molecular formula is C15H8N6S. The van der Waals surface area contributed by atoms with Gasteiger partial charge in [-0.05, 0) is 36.4 Å². The van der Waals surface area contributed by atoms with Crippen LogP contribution in [0.1, 0.15) is 5.56 Å². The number of pyridine rings is 1. The van der Waals surface area contributed by atoms with Crippen molar-refractivity contribution in [2.75, 3.05) is 5.43 Å². The van der Waals surface area contributed by atoms with Gasteiger partial charge in [0.15, 0.2) is 0 Å². The van der Waals surface area contributed by atoms with E-state index >= 15 is 0 Å². The summed E-state index contributed by atoms with van der Waals surface area (Å²) in [6.07, 6.45) is 1.64. The van der Waals surface area contributed by atoms with Gasteiger partial charge in [0, 0.05) is 11.1 Å². The molecule has 0 unspecified atom stereocenters. The van der Waals surface area contributed by atoms with Crippen LogP contribution >= 0.6 is 11.8 Å². The molecule has 0 saturated heterocycles. The molecule has 1 heterocycles. The van der Waals surface area contributed by atoms with E-state index in [1.807, 2.05) is 12.1 Å². The van der Waals surface area contributed by atoms with Gasteiger partial charge in [0.2, 0.25) is 5.71 Å². The van der Waals surface area contributed by atoms with E-state index in [2.05, 4.69) is 21.6 Å². The largest absolute Gasteiger partial charge is 0.277 e. The van der Waals surface area contributed by atoms with Crippen LogP contribution in [0, 0.1) is 34.0 Å². The Bertz CT molecular complexity index is 805. The van der Waals surface area contributed by atoms with E-state index in [1.165, 1.54) is 11.8 Å². The van der Waals surface area contributed by atoms with E-state index < -0.39 is 0 Å². The number of hydrazone groups is 1. The Kier molecular flexibility index (Phi) is 5.09. The van der Waals surface area contributed by atoms with Crippen molar-refractivity contribution in [3.63, 3.8) is 0 Å². The van der Waals surface area contributed by atoms with Crippen molar-refractivity contribution in [2.24, 2.45) is 5.10 Å². The lowest BCUT2D eigenvalue weighted by atomic mass is 10.3. The molecule has 0 spiro atoms. The maximum atomic E-state index is 9.03. The van der Waals surface area contributed by atoms with E-state index in [0.29, 0.717) is 16.3 Å². The van der Waals surface area contributed by atoms with Gasteiger partial charge in [0.25, 0.3) is 0 Å². The van der Waals surface area contributed by atoms with E-state index in [-0.39, 0.29) is 5.71 Å². The maximum Gasteiger partial charge on any atom is 0.237 e. The summed E-state index contributed by atoms with van der Waals surface area (Å²) in [7, 11) is 0. The molecular weight excluding hydrogens is 296 g/mol. The first kappa shape index (κ1) is 15.1. The second kappa shape index (κ2) is 7.44. The number of rotatable bonds is 4. The van der Waals surface area contributed by atoms with Gasteiger partial charge in [-0.1, -0.05) is 11.8 Å². The van der Waals surface area contributed by atoms with Crippen LogP contribution in [0.2, 0.25) is 0 Å². The lowest BCUT2D eigenvalue weighted by Gasteiger charge is -2.04. The van der Waals surface area contributed by atoms with Crippen LogP contribution in [0.4, 0.5) is 5.69 Å². The Morgan fingerprint density at radius 2 is 1.82 bits per heavy atom. The summed E-state index contributed by atoms with van der Waals surface area (Å²) >= 11 is 1.38. The van der Waals surface area contributed by atoms with Crippen LogP contribution in [-0.4, -0.2) is 10.7 Å². The van der Waals surface area contributed by atoms with E-state index in [4.69, 9.17) is 15.8 Å². The quantitative estimate of drug-likeness (QED) is 0.687. The summed E-state index contributed by atoms with van der Waals surface area (Å²) < 4.78 is 0. The van der Waals surface area contributed by atoms with Crippen molar-refractivity contribution in [2.45, 2.75) is 9.92 Å². The molecule has 0 amide bonds. The highest BCUT2D eigenvalue weighted by molar-refractivity contribution is 7.99. The highest BCUT2D eigenvalue weighted by atomic mass is 32.2. The first-order chi connectivity index (χ1) is 10.8. The van der Waals surface area contributed by atoms with Crippen molar-refractivity contribution in [1.29, 1.82) is 15.8 Å². The number of nitrogens with one attached hydrogen (secondary N) is 1. The maximum absolute atomic E-state index is 9.03. The molecule has 6 nitrogen and oxygen atoms in total. The van der Waals surface area contributed by atoms with Gasteiger partial charge in [0.1, 0.15) is 23.2 Å². The number of benzene rings is 1. The molecule has 2 aromatic rings. The number of anilines is 1. The second-order valence-corrected chi connectivity index (χ2v) is 4.95. The lowest BCUT2D eigenvalue weighted by Crippen LogP contribution is -1.96. The molecule has 0 radical (unpaired) electrons. The van der Waals surface area contributed by atoms with Crippen molar-refractivity contribution in [3.8, 4) is 18.2 Å². The SMILES string of the molecule is N#CC(C#N)=NNc1ccc(Sc2ncccc2C#N)cc1. The van der Waals surface area contributed by atoms with Crippen molar-refractivity contribution in [1.82, 2.24) is 4.98 Å². The fourth-order valence-electron chi connectivity index (χ4n) is 1.46. The minimum atomic E-state index is -0.245. The summed E-state index contributed by atoms with van der Waals surface area (Å²) in [6.45, 7) is 0. The van der Waals surface area contributed by atoms with Gasteiger partial charge >= 0.3 is 0 Å². The number of hydrogen-bond acceptors (Lipinski definition) is 7. The molecule has 1 N–H and O–H groups in total. The molecule has 2 rings (SSSR count). The molecule has 7 heteroatoms. The highest BCUT2D eigenvalue weighted by Crippen LogP contribution is 2.29. The molecule has 0 saturated carbocycles. The molecule has 0 aliphatic heterocycles. The lowest BCUT2D eigenvalue weighted by molar-refractivity contribution is 1.11. The number of aromatic nitrogens is 1. The summed E-state index contributed by atoms with van der Waals surface area (Å²) in [5, 5.41) is 30.5. The molecule has 0 bridgehead atoms. The van der Waals surface area contributed by atoms with Crippen LogP contribution in [0.5, 0.6) is 0 Å². The molecule has 1 aromatic heterocycles. The molecule has 0 fully saturated rings. The molecule has 22 heavy (non-hydrogen) atoms. The minimum Gasteiger partial charge on any atom is -0.277 e. The Balaban J connectivity index is 2.10. The van der Waals surface area contributed by atoms with Gasteiger partial charge in [-0.25, -0.2) is 4.98 Å². The second-order valence-electron chi connectivity index (χ2n) is 3.89. The number of hydrogen-bond donors (Lipinski definition) is 1. The number of nitriles is 3. The van der Waals surface area contributed by atoms with Crippen LogP contribution in [0.15, 0.2) is 57.6 Å². The van der Waals surface area contributed by atoms with Gasteiger partial charge in [-0.3, -0.25) is 5.43 Å². The molecule has 0 aliphatic rings. The Labute approximate surface area is 131 Å². The van der Waals surface area contributed by atoms with Crippen molar-refractivity contribution in [3.05, 3.63) is 48.2 Å². The normalized spacial score (nSPS) is 8.95. The highest BCUT2D eigenvalue weighted by Gasteiger charge is 2.05. The predicted octanol–water partition coefficient (Wildman–Crippen LogP) is 2.92. The minimum absolute atomic E-state index is 0.245. The summed E-state index contributed by atoms with van der Waals surface area (Å²) in [5.74, 6) is 0. The topological polar surface area (TPSA) is 109 Å². The van der Waals surface area contributed by atoms with Crippen LogP contribution < -0.4 is 5.43 Å². The van der Waals surface area contributed by atoms with Gasteiger partial charge in [-0.2, -0.15) is 20.9 Å². The third-order valence-electron chi connectivity index (χ3n) is 2.47. The van der Waals surface area contributed by atoms with Crippen LogP contribution in [0.3, 0.4) is 0 Å². The average molecular weight is 304 g/mol. The zero-order valence-corrected chi connectivity index (χ0v) is 12.0. The smallest absolute Gasteiger partial charge is 0.237 e. The molecule has 104 valence electrons. The van der Waals surface area contributed by atoms with Gasteiger partial charge in [0.05, 0.1) is 11.3 Å². The van der Waals surface area contributed by atoms with Gasteiger partial charge in [-0.15, -0.1) is 0 Å². The monoisotopic (exact) mass is 304 g/mol. The van der Waals surface area contributed by atoms with Crippen LogP contribution in [0.25, 0.3) is 0 Å². The Morgan fingerprint density at radius 3 is 2.45 bits per heavy atom. The third kappa shape index (κ3) is 3.83. The van der Waals surface area contributed by atoms with Crippen molar-refractivity contribution < 1.29 is 0 Å². The predicted molar refractivity (Wildman–Crippen MR) is 81.8 cm³/mol. The fourth-order valence-corrected chi connectivity index (χ4v) is 2.29. The van der Waals surface area contributed by atoms with Crippen molar-refractivity contribution >= 4 is 23.2 Å². The average Bonchev–Trinajstić information content (AvgIpc) is 2.58. The zero-order valence-electron chi connectivity index (χ0n) is 11.2. The number of nitrogens with zero attached hydrogens (tertiary/aromatic N) is 5. The first-order valence-corrected chi connectivity index (χ1v) is 6.85. The summed E-state index contributed by atoms with van der Waals surface area (Å²) in [6, 6.07) is 16.0. The van der Waals surface area contributed by atoms with E-state index in [9.17, 15) is 0 Å². The molecule has 1 aromatic carbocycles. The Morgan fingerprint density at radius 1 is 1.09 bits per heavy atom. The summed E-state index contributed by atoms with van der Waals surface area (Å²) in [4.78, 5) is 5.09. The Hall–Kier alpha value is -3.34. The molecule has 0 atom stereocenters. The third-order valence-corrected chi connectivity index (χ3v) is 3.50. The van der Waals surface area contributed by atoms with E-state index in [0.717, 1.165) is 4.90 Å². The van der Waals surface area contributed by atoms with E-state index in [1.54, 1.807) is 42.6 Å². The molecule has 0 aliphatic carbocycles. The summed E-state index contributed by atoms with van der Waals surface area (Å²) in [5.41, 5.74) is 3.55. The standard InChI is InChI=1S/C15H8N6S/c16-8-11-2-1-7-19-15(11)22-14-5-3-12(4-6-14)20-21-13(9-17)10-18/h1-7,20H. The fraction of sp³-hybridized carbons (Fsp3) is 0. The first-order valence-electron chi connectivity index (χ1n) is 6.03. The van der Waals surface area contributed by atoms with Crippen LogP contribution in [-0.2, 0) is 0 Å². The van der Waals surface area contributed by atoms with Gasteiger partial charge < -0.3 is 0 Å². The zero-order chi connectivity index (χ0) is 15.8.